The van der Waals surface area contributed by atoms with E-state index in [9.17, 15) is 14.7 Å². The van der Waals surface area contributed by atoms with Crippen LogP contribution in [0.2, 0.25) is 0 Å². The first-order valence-corrected chi connectivity index (χ1v) is 8.60. The summed E-state index contributed by atoms with van der Waals surface area (Å²) in [4.78, 5) is 30.7. The highest BCUT2D eigenvalue weighted by molar-refractivity contribution is 5.96. The third-order valence-electron chi connectivity index (χ3n) is 4.58. The van der Waals surface area contributed by atoms with Crippen LogP contribution in [0.15, 0.2) is 48.5 Å². The molecule has 3 rings (SSSR count). The number of piperazine rings is 1. The van der Waals surface area contributed by atoms with E-state index in [-0.39, 0.29) is 17.6 Å². The normalized spacial score (nSPS) is 14.2. The van der Waals surface area contributed by atoms with Crippen molar-refractivity contribution in [1.29, 1.82) is 0 Å². The van der Waals surface area contributed by atoms with Crippen molar-refractivity contribution in [3.63, 3.8) is 0 Å². The Bertz CT molecular complexity index is 794. The van der Waals surface area contributed by atoms with Gasteiger partial charge in [0, 0.05) is 57.1 Å². The van der Waals surface area contributed by atoms with E-state index in [4.69, 9.17) is 0 Å². The maximum atomic E-state index is 12.7. The fraction of sp³-hybridized carbons (Fsp3) is 0.300. The lowest BCUT2D eigenvalue weighted by atomic mass is 10.1. The molecule has 1 fully saturated rings. The van der Waals surface area contributed by atoms with E-state index in [0.717, 1.165) is 5.69 Å². The van der Waals surface area contributed by atoms with Gasteiger partial charge in [-0.25, -0.2) is 0 Å². The van der Waals surface area contributed by atoms with E-state index in [1.54, 1.807) is 21.9 Å². The number of phenolic OH excluding ortho intramolecular Hbond substituents is 1. The van der Waals surface area contributed by atoms with E-state index in [2.05, 4.69) is 0 Å². The Hall–Kier alpha value is -3.02. The molecule has 0 aliphatic carbocycles. The summed E-state index contributed by atoms with van der Waals surface area (Å²) < 4.78 is 0. The van der Waals surface area contributed by atoms with E-state index in [0.29, 0.717) is 37.3 Å². The second-order valence-electron chi connectivity index (χ2n) is 6.58. The molecule has 6 nitrogen and oxygen atoms in total. The lowest BCUT2D eigenvalue weighted by molar-refractivity contribution is 0.0535. The van der Waals surface area contributed by atoms with Crippen LogP contribution in [-0.2, 0) is 0 Å². The van der Waals surface area contributed by atoms with Crippen LogP contribution < -0.4 is 4.90 Å². The predicted octanol–water partition coefficient (Wildman–Crippen LogP) is 2.06. The summed E-state index contributed by atoms with van der Waals surface area (Å²) >= 11 is 0. The van der Waals surface area contributed by atoms with Gasteiger partial charge in [-0.2, -0.15) is 0 Å². The molecule has 0 unspecified atom stereocenters. The summed E-state index contributed by atoms with van der Waals surface area (Å²) in [5, 5.41) is 9.33. The third kappa shape index (κ3) is 3.79. The predicted molar refractivity (Wildman–Crippen MR) is 101 cm³/mol. The molecule has 0 spiro atoms. The summed E-state index contributed by atoms with van der Waals surface area (Å²) in [6.07, 6.45) is 0. The highest BCUT2D eigenvalue weighted by Gasteiger charge is 2.25. The van der Waals surface area contributed by atoms with Crippen LogP contribution in [0.25, 0.3) is 0 Å². The molecule has 6 heteroatoms. The monoisotopic (exact) mass is 353 g/mol. The van der Waals surface area contributed by atoms with Crippen molar-refractivity contribution in [3.05, 3.63) is 59.7 Å². The maximum Gasteiger partial charge on any atom is 0.254 e. The molecule has 2 aromatic carbocycles. The third-order valence-corrected chi connectivity index (χ3v) is 4.58. The van der Waals surface area contributed by atoms with Gasteiger partial charge in [0.1, 0.15) is 5.75 Å². The first kappa shape index (κ1) is 17.8. The van der Waals surface area contributed by atoms with E-state index < -0.39 is 0 Å². The minimum absolute atomic E-state index is 0.00886. The molecule has 2 amide bonds. The van der Waals surface area contributed by atoms with Gasteiger partial charge < -0.3 is 19.8 Å². The molecule has 0 saturated carbocycles. The highest BCUT2D eigenvalue weighted by Crippen LogP contribution is 2.17. The van der Waals surface area contributed by atoms with E-state index in [1.165, 1.54) is 12.1 Å². The SMILES string of the molecule is CN(C)c1cccc(C(=O)N2CCN(C(=O)c3ccc(O)cc3)CC2)c1. The van der Waals surface area contributed by atoms with Crippen molar-refractivity contribution < 1.29 is 14.7 Å². The van der Waals surface area contributed by atoms with Gasteiger partial charge >= 0.3 is 0 Å². The van der Waals surface area contributed by atoms with E-state index in [1.807, 2.05) is 43.3 Å². The van der Waals surface area contributed by atoms with Gasteiger partial charge in [0.25, 0.3) is 11.8 Å². The number of aromatic hydroxyl groups is 1. The number of nitrogens with zero attached hydrogens (tertiary/aromatic N) is 3. The van der Waals surface area contributed by atoms with Crippen LogP contribution in [0.3, 0.4) is 0 Å². The molecule has 1 aliphatic heterocycles. The van der Waals surface area contributed by atoms with Crippen molar-refractivity contribution in [2.75, 3.05) is 45.2 Å². The number of anilines is 1. The molecule has 1 aliphatic rings. The van der Waals surface area contributed by atoms with Gasteiger partial charge in [0.05, 0.1) is 0 Å². The van der Waals surface area contributed by atoms with Crippen molar-refractivity contribution in [2.24, 2.45) is 0 Å². The van der Waals surface area contributed by atoms with E-state index >= 15 is 0 Å². The summed E-state index contributed by atoms with van der Waals surface area (Å²) in [6.45, 7) is 2.02. The highest BCUT2D eigenvalue weighted by atomic mass is 16.3. The second kappa shape index (κ2) is 7.47. The maximum absolute atomic E-state index is 12.7. The number of rotatable bonds is 3. The Morgan fingerprint density at radius 2 is 1.38 bits per heavy atom. The molecular weight excluding hydrogens is 330 g/mol. The van der Waals surface area contributed by atoms with Gasteiger partial charge in [-0.15, -0.1) is 0 Å². The molecule has 0 radical (unpaired) electrons. The first-order valence-electron chi connectivity index (χ1n) is 8.60. The smallest absolute Gasteiger partial charge is 0.254 e. The summed E-state index contributed by atoms with van der Waals surface area (Å²) in [5.74, 6) is 0.0501. The van der Waals surface area contributed by atoms with Crippen molar-refractivity contribution in [3.8, 4) is 5.75 Å². The van der Waals surface area contributed by atoms with Crippen LogP contribution in [-0.4, -0.2) is 67.0 Å². The molecule has 2 aromatic rings. The quantitative estimate of drug-likeness (QED) is 0.917. The summed E-state index contributed by atoms with van der Waals surface area (Å²) in [5.41, 5.74) is 2.19. The van der Waals surface area contributed by atoms with Crippen LogP contribution in [0, 0.1) is 0 Å². The minimum atomic E-state index is -0.0771. The fourth-order valence-electron chi connectivity index (χ4n) is 3.00. The topological polar surface area (TPSA) is 64.1 Å². The number of carbonyl (C=O) groups is 2. The molecule has 1 heterocycles. The van der Waals surface area contributed by atoms with Crippen LogP contribution in [0.5, 0.6) is 5.75 Å². The Balaban J connectivity index is 1.63. The Morgan fingerprint density at radius 3 is 1.92 bits per heavy atom. The zero-order valence-corrected chi connectivity index (χ0v) is 15.1. The lowest BCUT2D eigenvalue weighted by Crippen LogP contribution is -2.50. The molecule has 0 bridgehead atoms. The molecule has 136 valence electrons. The number of hydrogen-bond acceptors (Lipinski definition) is 4. The Morgan fingerprint density at radius 1 is 0.846 bits per heavy atom. The van der Waals surface area contributed by atoms with Gasteiger partial charge in [-0.05, 0) is 42.5 Å². The van der Waals surface area contributed by atoms with Crippen LogP contribution >= 0.6 is 0 Å². The number of hydrogen-bond donors (Lipinski definition) is 1. The summed E-state index contributed by atoms with van der Waals surface area (Å²) in [7, 11) is 3.88. The minimum Gasteiger partial charge on any atom is -0.508 e. The largest absolute Gasteiger partial charge is 0.508 e. The Labute approximate surface area is 153 Å². The van der Waals surface area contributed by atoms with Gasteiger partial charge in [0.15, 0.2) is 0 Å². The average molecular weight is 353 g/mol. The number of benzene rings is 2. The number of phenols is 1. The molecular formula is C20H23N3O3. The summed E-state index contributed by atoms with van der Waals surface area (Å²) in [6, 6.07) is 13.8. The second-order valence-corrected chi connectivity index (χ2v) is 6.58. The van der Waals surface area contributed by atoms with Crippen molar-refractivity contribution >= 4 is 17.5 Å². The molecule has 0 aromatic heterocycles. The molecule has 1 N–H and O–H groups in total. The first-order chi connectivity index (χ1) is 12.5. The van der Waals surface area contributed by atoms with Gasteiger partial charge in [0.2, 0.25) is 0 Å². The average Bonchev–Trinajstić information content (AvgIpc) is 2.67. The lowest BCUT2D eigenvalue weighted by Gasteiger charge is -2.35. The molecule has 26 heavy (non-hydrogen) atoms. The number of amides is 2. The van der Waals surface area contributed by atoms with Crippen molar-refractivity contribution in [1.82, 2.24) is 9.80 Å². The number of carbonyl (C=O) groups excluding carboxylic acids is 2. The fourth-order valence-corrected chi connectivity index (χ4v) is 3.00. The zero-order valence-electron chi connectivity index (χ0n) is 15.1. The standard InChI is InChI=1S/C20H23N3O3/c1-21(2)17-5-3-4-16(14-17)20(26)23-12-10-22(11-13-23)19(25)15-6-8-18(24)9-7-15/h3-9,14,24H,10-13H2,1-2H3. The van der Waals surface area contributed by atoms with Crippen molar-refractivity contribution in [2.45, 2.75) is 0 Å². The van der Waals surface area contributed by atoms with Gasteiger partial charge in [-0.3, -0.25) is 9.59 Å². The van der Waals surface area contributed by atoms with Crippen LogP contribution in [0.4, 0.5) is 5.69 Å². The zero-order chi connectivity index (χ0) is 18.7. The van der Waals surface area contributed by atoms with Gasteiger partial charge in [-0.1, -0.05) is 6.07 Å². The molecule has 1 saturated heterocycles. The van der Waals surface area contributed by atoms with Crippen LogP contribution in [0.1, 0.15) is 20.7 Å². The Kier molecular flexibility index (Phi) is 5.11. The molecule has 0 atom stereocenters.